The molecule has 1 aromatic rings. The molecule has 6 nitrogen and oxygen atoms in total. The molecule has 1 saturated heterocycles. The van der Waals surface area contributed by atoms with Gasteiger partial charge in [-0.3, -0.25) is 4.79 Å². The second-order valence-electron chi connectivity index (χ2n) is 8.96. The number of carbonyl (C=O) groups excluding carboxylic acids is 1. The first-order valence-corrected chi connectivity index (χ1v) is 11.4. The van der Waals surface area contributed by atoms with Gasteiger partial charge in [0.2, 0.25) is 0 Å². The van der Waals surface area contributed by atoms with Crippen molar-refractivity contribution in [3.05, 3.63) is 34.4 Å². The van der Waals surface area contributed by atoms with E-state index in [1.807, 2.05) is 20.9 Å². The number of hydrogen-bond donors (Lipinski definition) is 2. The number of Topliss-reactive ketones (excluding diaryl/α,β-unsaturated/α-hetero) is 1. The fraction of sp³-hybridized carbons (Fsp3) is 0.538. The molecule has 2 N–H and O–H groups in total. The Morgan fingerprint density at radius 1 is 1.41 bits per heavy atom. The van der Waals surface area contributed by atoms with Crippen LogP contribution in [0.15, 0.2) is 17.7 Å². The molecule has 1 aliphatic heterocycles. The number of nitrogens with zero attached hydrogens (tertiary/aromatic N) is 1. The highest BCUT2D eigenvalue weighted by atomic mass is 16.5. The molecule has 2 atom stereocenters. The number of ketones is 1. The minimum absolute atomic E-state index is 0.0588. The van der Waals surface area contributed by atoms with Crippen molar-refractivity contribution in [3.63, 3.8) is 0 Å². The van der Waals surface area contributed by atoms with Gasteiger partial charge in [0.05, 0.1) is 12.8 Å². The van der Waals surface area contributed by atoms with Crippen LogP contribution < -0.4 is 15.0 Å². The summed E-state index contributed by atoms with van der Waals surface area (Å²) in [5.41, 5.74) is 2.53. The molecule has 1 heterocycles. The van der Waals surface area contributed by atoms with Gasteiger partial charge in [0.15, 0.2) is 5.78 Å². The van der Waals surface area contributed by atoms with Gasteiger partial charge in [-0.05, 0) is 63.1 Å². The number of piperidine rings is 1. The zero-order valence-electron chi connectivity index (χ0n) is 19.5. The van der Waals surface area contributed by atoms with Crippen LogP contribution in [0.25, 0.3) is 0 Å². The first-order valence-electron chi connectivity index (χ1n) is 11.4. The molecule has 172 valence electrons. The van der Waals surface area contributed by atoms with Crippen molar-refractivity contribution in [2.24, 2.45) is 11.8 Å². The third kappa shape index (κ3) is 4.99. The Morgan fingerprint density at radius 3 is 2.69 bits per heavy atom. The van der Waals surface area contributed by atoms with E-state index in [0.29, 0.717) is 35.3 Å². The molecule has 1 saturated carbocycles. The van der Waals surface area contributed by atoms with Crippen molar-refractivity contribution in [2.45, 2.75) is 52.0 Å². The summed E-state index contributed by atoms with van der Waals surface area (Å²) in [5.74, 6) is 2.12. The zero-order valence-corrected chi connectivity index (χ0v) is 19.5. The lowest BCUT2D eigenvalue weighted by molar-refractivity contribution is -0.132. The molecule has 1 aromatic carbocycles. The molecule has 3 rings (SSSR count). The van der Waals surface area contributed by atoms with Crippen LogP contribution in [0, 0.1) is 31.1 Å². The van der Waals surface area contributed by atoms with Gasteiger partial charge in [-0.25, -0.2) is 4.79 Å². The standard InChI is InChI=1S/C26H34N2O4/c1-6-8-19-14-21(24(29)22(26(30)31)13-16(2)18-10-11-18)17(3)25(32-5)23(19)28-12-7-9-20(15-28)27-4/h1,13-14,16,18,20,27H,7-12,15H2,2-5H3,(H,30,31)/b22-13+. The van der Waals surface area contributed by atoms with E-state index >= 15 is 0 Å². The van der Waals surface area contributed by atoms with Gasteiger partial charge in [0, 0.05) is 36.7 Å². The number of methoxy groups -OCH3 is 1. The van der Waals surface area contributed by atoms with Crippen molar-refractivity contribution < 1.29 is 19.4 Å². The number of allylic oxidation sites excluding steroid dienone is 1. The molecule has 0 spiro atoms. The second kappa shape index (κ2) is 10.2. The molecular formula is C26H34N2O4. The number of aliphatic carboxylic acids is 1. The lowest BCUT2D eigenvalue weighted by atomic mass is 9.90. The summed E-state index contributed by atoms with van der Waals surface area (Å²) in [7, 11) is 3.55. The summed E-state index contributed by atoms with van der Waals surface area (Å²) in [6, 6.07) is 2.14. The summed E-state index contributed by atoms with van der Waals surface area (Å²) < 4.78 is 5.80. The average Bonchev–Trinajstić information content (AvgIpc) is 3.63. The maximum absolute atomic E-state index is 13.4. The summed E-state index contributed by atoms with van der Waals surface area (Å²) >= 11 is 0. The molecule has 0 aromatic heterocycles. The van der Waals surface area contributed by atoms with Gasteiger partial charge < -0.3 is 20.1 Å². The maximum atomic E-state index is 13.4. The van der Waals surface area contributed by atoms with E-state index in [0.717, 1.165) is 50.0 Å². The third-order valence-corrected chi connectivity index (χ3v) is 6.74. The zero-order chi connectivity index (χ0) is 23.4. The summed E-state index contributed by atoms with van der Waals surface area (Å²) in [5, 5.41) is 13.1. The number of nitrogens with one attached hydrogen (secondary N) is 1. The molecule has 2 fully saturated rings. The van der Waals surface area contributed by atoms with Crippen molar-refractivity contribution >= 4 is 17.4 Å². The topological polar surface area (TPSA) is 78.9 Å². The first kappa shape index (κ1) is 23.9. The number of anilines is 1. The normalized spacial score (nSPS) is 19.9. The van der Waals surface area contributed by atoms with Gasteiger partial charge >= 0.3 is 5.97 Å². The largest absolute Gasteiger partial charge is 0.494 e. The molecule has 2 unspecified atom stereocenters. The fourth-order valence-corrected chi connectivity index (χ4v) is 4.70. The fourth-order valence-electron chi connectivity index (χ4n) is 4.70. The Balaban J connectivity index is 2.09. The van der Waals surface area contributed by atoms with Crippen LogP contribution in [-0.2, 0) is 11.2 Å². The predicted octanol–water partition coefficient (Wildman–Crippen LogP) is 3.61. The smallest absolute Gasteiger partial charge is 0.339 e. The first-order chi connectivity index (χ1) is 15.3. The summed E-state index contributed by atoms with van der Waals surface area (Å²) in [6.45, 7) is 5.48. The monoisotopic (exact) mass is 438 g/mol. The Hall–Kier alpha value is -2.78. The molecule has 2 aliphatic rings. The van der Waals surface area contributed by atoms with E-state index in [-0.39, 0.29) is 11.5 Å². The van der Waals surface area contributed by atoms with Crippen molar-refractivity contribution in [3.8, 4) is 18.1 Å². The van der Waals surface area contributed by atoms with Gasteiger partial charge in [-0.1, -0.05) is 13.0 Å². The highest BCUT2D eigenvalue weighted by Crippen LogP contribution is 2.41. The van der Waals surface area contributed by atoms with Crippen LogP contribution in [0.1, 0.15) is 54.1 Å². The predicted molar refractivity (Wildman–Crippen MR) is 127 cm³/mol. The van der Waals surface area contributed by atoms with E-state index in [2.05, 4.69) is 16.1 Å². The molecule has 0 amide bonds. The van der Waals surface area contributed by atoms with Crippen LogP contribution in [0.2, 0.25) is 0 Å². The number of hydrogen-bond acceptors (Lipinski definition) is 5. The average molecular weight is 439 g/mol. The number of terminal acetylenes is 1. The third-order valence-electron chi connectivity index (χ3n) is 6.74. The maximum Gasteiger partial charge on any atom is 0.339 e. The highest BCUT2D eigenvalue weighted by molar-refractivity contribution is 6.24. The van der Waals surface area contributed by atoms with E-state index in [1.54, 1.807) is 19.3 Å². The molecule has 0 bridgehead atoms. The number of ether oxygens (including phenoxy) is 1. The SMILES string of the molecule is C#CCc1cc(C(=O)/C(=C\C(C)C2CC2)C(=O)O)c(C)c(OC)c1N1CCCC(NC)C1. The minimum Gasteiger partial charge on any atom is -0.494 e. The van der Waals surface area contributed by atoms with Crippen molar-refractivity contribution in [2.75, 3.05) is 32.1 Å². The number of carbonyl (C=O) groups is 2. The lowest BCUT2D eigenvalue weighted by Gasteiger charge is -2.36. The second-order valence-corrected chi connectivity index (χ2v) is 8.96. The van der Waals surface area contributed by atoms with E-state index in [9.17, 15) is 14.7 Å². The molecule has 0 radical (unpaired) electrons. The molecule has 32 heavy (non-hydrogen) atoms. The van der Waals surface area contributed by atoms with Crippen molar-refractivity contribution in [1.82, 2.24) is 5.32 Å². The summed E-state index contributed by atoms with van der Waals surface area (Å²) in [6.07, 6.45) is 11.9. The molecular weight excluding hydrogens is 404 g/mol. The summed E-state index contributed by atoms with van der Waals surface area (Å²) in [4.78, 5) is 27.7. The Bertz CT molecular complexity index is 956. The van der Waals surface area contributed by atoms with Gasteiger partial charge in [-0.2, -0.15) is 0 Å². The van der Waals surface area contributed by atoms with Crippen LogP contribution in [0.5, 0.6) is 5.75 Å². The number of benzene rings is 1. The number of carboxylic acid groups (broad SMARTS) is 1. The van der Waals surface area contributed by atoms with E-state index in [4.69, 9.17) is 11.2 Å². The number of carboxylic acids is 1. The number of likely N-dealkylation sites (N-methyl/N-ethyl adjacent to an activating group) is 1. The Labute approximate surface area is 191 Å². The molecule has 1 aliphatic carbocycles. The van der Waals surface area contributed by atoms with Crippen molar-refractivity contribution in [1.29, 1.82) is 0 Å². The quantitative estimate of drug-likeness (QED) is 0.202. The minimum atomic E-state index is -1.20. The Kier molecular flexibility index (Phi) is 7.63. The van der Waals surface area contributed by atoms with Crippen LogP contribution in [0.4, 0.5) is 5.69 Å². The number of rotatable bonds is 9. The van der Waals surface area contributed by atoms with Crippen LogP contribution in [0.3, 0.4) is 0 Å². The van der Waals surface area contributed by atoms with E-state index < -0.39 is 11.8 Å². The lowest BCUT2D eigenvalue weighted by Crippen LogP contribution is -2.45. The van der Waals surface area contributed by atoms with Gasteiger partial charge in [0.25, 0.3) is 0 Å². The van der Waals surface area contributed by atoms with Crippen LogP contribution >= 0.6 is 0 Å². The van der Waals surface area contributed by atoms with E-state index in [1.165, 1.54) is 0 Å². The van der Waals surface area contributed by atoms with Crippen LogP contribution in [-0.4, -0.2) is 50.1 Å². The highest BCUT2D eigenvalue weighted by Gasteiger charge is 2.32. The van der Waals surface area contributed by atoms with Gasteiger partial charge in [-0.15, -0.1) is 12.3 Å². The molecule has 6 heteroatoms. The Morgan fingerprint density at radius 2 is 2.12 bits per heavy atom. The van der Waals surface area contributed by atoms with Gasteiger partial charge in [0.1, 0.15) is 11.3 Å².